The predicted octanol–water partition coefficient (Wildman–Crippen LogP) is 3.85. The lowest BCUT2D eigenvalue weighted by Gasteiger charge is -2.27. The number of aromatic nitrogens is 1. The Hall–Kier alpha value is -3.03. The number of hydrogen-bond donors (Lipinski definition) is 1. The van der Waals surface area contributed by atoms with Crippen LogP contribution in [-0.4, -0.2) is 72.9 Å². The van der Waals surface area contributed by atoms with Crippen LogP contribution < -0.4 is 4.74 Å². The molecule has 7 nitrogen and oxygen atoms in total. The molecule has 0 aliphatic carbocycles. The van der Waals surface area contributed by atoms with Crippen LogP contribution in [0, 0.1) is 0 Å². The van der Waals surface area contributed by atoms with Crippen molar-refractivity contribution in [3.05, 3.63) is 65.9 Å². The third kappa shape index (κ3) is 6.98. The molecule has 0 radical (unpaired) electrons. The summed E-state index contributed by atoms with van der Waals surface area (Å²) in [5.41, 5.74) is 3.21. The lowest BCUT2D eigenvalue weighted by Crippen LogP contribution is -2.44. The van der Waals surface area contributed by atoms with E-state index in [1.165, 1.54) is 4.90 Å². The number of benzene rings is 2. The number of amides is 2. The number of methoxy groups -OCH3 is 2. The molecule has 0 spiro atoms. The zero-order valence-electron chi connectivity index (χ0n) is 19.8. The fourth-order valence-corrected chi connectivity index (χ4v) is 4.05. The highest BCUT2D eigenvalue weighted by Crippen LogP contribution is 2.19. The minimum absolute atomic E-state index is 0.0146. The molecule has 0 fully saturated rings. The van der Waals surface area contributed by atoms with E-state index in [-0.39, 0.29) is 24.2 Å². The Labute approximate surface area is 205 Å². The van der Waals surface area contributed by atoms with Crippen molar-refractivity contribution >= 4 is 34.3 Å². The van der Waals surface area contributed by atoms with Gasteiger partial charge in [0.25, 0.3) is 0 Å². The number of nitrogens with one attached hydrogen (secondary N) is 1. The van der Waals surface area contributed by atoms with Crippen LogP contribution in [0.3, 0.4) is 0 Å². The number of H-pyrrole nitrogens is 1. The first kappa shape index (κ1) is 25.6. The van der Waals surface area contributed by atoms with Gasteiger partial charge >= 0.3 is 0 Å². The van der Waals surface area contributed by atoms with Gasteiger partial charge in [0.1, 0.15) is 11.6 Å². The Kier molecular flexibility index (Phi) is 9.79. The largest absolute Gasteiger partial charge is 0.497 e. The number of rotatable bonds is 13. The van der Waals surface area contributed by atoms with Crippen LogP contribution >= 0.6 is 11.6 Å². The standard InChI is InChI=1S/C26H32ClN3O4/c1-33-15-5-13-29(25(31)16-27)19-26(32)30(18-20-8-10-22(34-2)11-9-20)14-12-21-17-28-24-7-4-3-6-23(21)24/h3-4,6-11,17,28H,5,12-16,18-19H2,1-2H3. The van der Waals surface area contributed by atoms with Gasteiger partial charge in [-0.05, 0) is 42.2 Å². The van der Waals surface area contributed by atoms with E-state index in [0.29, 0.717) is 39.1 Å². The molecule has 182 valence electrons. The first-order chi connectivity index (χ1) is 16.5. The molecule has 3 rings (SSSR count). The molecule has 2 aromatic carbocycles. The normalized spacial score (nSPS) is 10.9. The van der Waals surface area contributed by atoms with Gasteiger partial charge in [-0.25, -0.2) is 0 Å². The van der Waals surface area contributed by atoms with Crippen LogP contribution in [0.25, 0.3) is 10.9 Å². The van der Waals surface area contributed by atoms with Gasteiger partial charge in [0.15, 0.2) is 0 Å². The van der Waals surface area contributed by atoms with E-state index in [0.717, 1.165) is 27.8 Å². The molecule has 0 aliphatic rings. The van der Waals surface area contributed by atoms with E-state index in [4.69, 9.17) is 21.1 Å². The molecule has 0 atom stereocenters. The molecular formula is C26H32ClN3O4. The molecule has 0 bridgehead atoms. The summed E-state index contributed by atoms with van der Waals surface area (Å²) in [5, 5.41) is 1.15. The lowest BCUT2D eigenvalue weighted by atomic mass is 10.1. The van der Waals surface area contributed by atoms with Gasteiger partial charge in [0, 0.05) is 50.5 Å². The number of halogens is 1. The molecule has 0 saturated heterocycles. The van der Waals surface area contributed by atoms with Crippen LogP contribution in [0.15, 0.2) is 54.7 Å². The van der Waals surface area contributed by atoms with Gasteiger partial charge in [0.2, 0.25) is 11.8 Å². The third-order valence-electron chi connectivity index (χ3n) is 5.78. The molecule has 2 amide bonds. The van der Waals surface area contributed by atoms with E-state index in [1.807, 2.05) is 48.7 Å². The minimum atomic E-state index is -0.257. The summed E-state index contributed by atoms with van der Waals surface area (Å²) >= 11 is 5.80. The van der Waals surface area contributed by atoms with Gasteiger partial charge in [0.05, 0.1) is 13.7 Å². The lowest BCUT2D eigenvalue weighted by molar-refractivity contribution is -0.139. The number of carbonyl (C=O) groups excluding carboxylic acids is 2. The molecule has 3 aromatic rings. The number of aromatic amines is 1. The fourth-order valence-electron chi connectivity index (χ4n) is 3.88. The monoisotopic (exact) mass is 485 g/mol. The Bertz CT molecular complexity index is 1070. The average Bonchev–Trinajstić information content (AvgIpc) is 3.29. The second-order valence-electron chi connectivity index (χ2n) is 8.07. The summed E-state index contributed by atoms with van der Waals surface area (Å²) in [6, 6.07) is 15.8. The van der Waals surface area contributed by atoms with Crippen LogP contribution in [0.1, 0.15) is 17.5 Å². The molecule has 1 N–H and O–H groups in total. The predicted molar refractivity (Wildman–Crippen MR) is 134 cm³/mol. The Morgan fingerprint density at radius 1 is 0.971 bits per heavy atom. The van der Waals surface area contributed by atoms with Crippen LogP contribution in [-0.2, 0) is 27.3 Å². The van der Waals surface area contributed by atoms with Crippen molar-refractivity contribution in [2.45, 2.75) is 19.4 Å². The van der Waals surface area contributed by atoms with Crippen molar-refractivity contribution in [3.63, 3.8) is 0 Å². The van der Waals surface area contributed by atoms with Crippen molar-refractivity contribution in [3.8, 4) is 5.75 Å². The summed E-state index contributed by atoms with van der Waals surface area (Å²) in [4.78, 5) is 32.3. The molecule has 0 saturated carbocycles. The molecular weight excluding hydrogens is 454 g/mol. The maximum Gasteiger partial charge on any atom is 0.242 e. The summed E-state index contributed by atoms with van der Waals surface area (Å²) in [5.74, 6) is 0.227. The molecule has 1 aromatic heterocycles. The van der Waals surface area contributed by atoms with E-state index < -0.39 is 0 Å². The number of hydrogen-bond acceptors (Lipinski definition) is 4. The number of fused-ring (bicyclic) bond motifs is 1. The summed E-state index contributed by atoms with van der Waals surface area (Å²) in [7, 11) is 3.23. The number of para-hydroxylation sites is 1. The highest BCUT2D eigenvalue weighted by molar-refractivity contribution is 6.27. The smallest absolute Gasteiger partial charge is 0.242 e. The van der Waals surface area contributed by atoms with E-state index in [1.54, 1.807) is 19.1 Å². The zero-order chi connectivity index (χ0) is 24.3. The average molecular weight is 486 g/mol. The number of nitrogens with zero attached hydrogens (tertiary/aromatic N) is 2. The van der Waals surface area contributed by atoms with Crippen molar-refractivity contribution < 1.29 is 19.1 Å². The second kappa shape index (κ2) is 13.0. The van der Waals surface area contributed by atoms with Crippen molar-refractivity contribution in [1.29, 1.82) is 0 Å². The molecule has 0 unspecified atom stereocenters. The van der Waals surface area contributed by atoms with Gasteiger partial charge in [-0.15, -0.1) is 11.6 Å². The van der Waals surface area contributed by atoms with Crippen LogP contribution in [0.5, 0.6) is 5.75 Å². The fraction of sp³-hybridized carbons (Fsp3) is 0.385. The summed E-state index contributed by atoms with van der Waals surface area (Å²) in [6.07, 6.45) is 3.33. The van der Waals surface area contributed by atoms with Crippen molar-refractivity contribution in [1.82, 2.24) is 14.8 Å². The zero-order valence-corrected chi connectivity index (χ0v) is 20.5. The Balaban J connectivity index is 1.75. The van der Waals surface area contributed by atoms with Crippen molar-refractivity contribution in [2.75, 3.05) is 46.3 Å². The Morgan fingerprint density at radius 3 is 2.44 bits per heavy atom. The Morgan fingerprint density at radius 2 is 1.74 bits per heavy atom. The molecule has 8 heteroatoms. The van der Waals surface area contributed by atoms with E-state index in [9.17, 15) is 9.59 Å². The topological polar surface area (TPSA) is 74.9 Å². The van der Waals surface area contributed by atoms with E-state index in [2.05, 4.69) is 11.1 Å². The number of ether oxygens (including phenoxy) is 2. The SMILES string of the molecule is COCCCN(CC(=O)N(CCc1c[nH]c2ccccc12)Cc1ccc(OC)cc1)C(=O)CCl. The van der Waals surface area contributed by atoms with Crippen molar-refractivity contribution in [2.24, 2.45) is 0 Å². The summed E-state index contributed by atoms with van der Waals surface area (Å²) in [6.45, 7) is 1.87. The molecule has 1 heterocycles. The first-order valence-corrected chi connectivity index (χ1v) is 11.9. The van der Waals surface area contributed by atoms with Gasteiger partial charge in [-0.2, -0.15) is 0 Å². The minimum Gasteiger partial charge on any atom is -0.497 e. The van der Waals surface area contributed by atoms with Gasteiger partial charge in [-0.1, -0.05) is 30.3 Å². The maximum absolute atomic E-state index is 13.4. The quantitative estimate of drug-likeness (QED) is 0.295. The number of carbonyl (C=O) groups is 2. The highest BCUT2D eigenvalue weighted by Gasteiger charge is 2.21. The maximum atomic E-state index is 13.4. The van der Waals surface area contributed by atoms with E-state index >= 15 is 0 Å². The third-order valence-corrected chi connectivity index (χ3v) is 6.01. The van der Waals surface area contributed by atoms with Gasteiger partial charge < -0.3 is 24.3 Å². The first-order valence-electron chi connectivity index (χ1n) is 11.3. The van der Waals surface area contributed by atoms with Crippen LogP contribution in [0.4, 0.5) is 0 Å². The molecule has 34 heavy (non-hydrogen) atoms. The second-order valence-corrected chi connectivity index (χ2v) is 8.34. The summed E-state index contributed by atoms with van der Waals surface area (Å²) < 4.78 is 10.3. The highest BCUT2D eigenvalue weighted by atomic mass is 35.5. The van der Waals surface area contributed by atoms with Gasteiger partial charge in [-0.3, -0.25) is 9.59 Å². The number of alkyl halides is 1. The molecule has 0 aliphatic heterocycles. The van der Waals surface area contributed by atoms with Crippen LogP contribution in [0.2, 0.25) is 0 Å².